The number of anilines is 1. The molecule has 1 N–H and O–H groups in total. The Morgan fingerprint density at radius 2 is 2.05 bits per heavy atom. The number of hydrogen-bond donors (Lipinski definition) is 1. The quantitative estimate of drug-likeness (QED) is 0.911. The van der Waals surface area contributed by atoms with Crippen LogP contribution < -0.4 is 5.32 Å². The Morgan fingerprint density at radius 3 is 2.79 bits per heavy atom. The summed E-state index contributed by atoms with van der Waals surface area (Å²) >= 11 is 3.32. The predicted molar refractivity (Wildman–Crippen MR) is 77.3 cm³/mol. The van der Waals surface area contributed by atoms with E-state index in [1.54, 1.807) is 24.3 Å². The van der Waals surface area contributed by atoms with Gasteiger partial charge in [0.2, 0.25) is 0 Å². The van der Waals surface area contributed by atoms with Crippen molar-refractivity contribution in [3.05, 3.63) is 63.4 Å². The molecular formula is C15H12BrFN2. The van der Waals surface area contributed by atoms with E-state index in [0.717, 1.165) is 15.7 Å². The molecule has 0 spiro atoms. The third-order valence-corrected chi connectivity index (χ3v) is 3.34. The molecule has 0 radical (unpaired) electrons. The highest BCUT2D eigenvalue weighted by molar-refractivity contribution is 9.10. The van der Waals surface area contributed by atoms with Crippen LogP contribution in [0.25, 0.3) is 0 Å². The summed E-state index contributed by atoms with van der Waals surface area (Å²) in [6, 6.07) is 12.3. The Morgan fingerprint density at radius 1 is 1.26 bits per heavy atom. The van der Waals surface area contributed by atoms with Gasteiger partial charge < -0.3 is 5.32 Å². The van der Waals surface area contributed by atoms with Crippen LogP contribution in [0.2, 0.25) is 0 Å². The van der Waals surface area contributed by atoms with Gasteiger partial charge in [0.25, 0.3) is 0 Å². The standard InChI is InChI=1S/C15H12BrFN2/c1-10-2-3-11(8-18)6-15(10)19-9-12-7-13(16)4-5-14(12)17/h2-7,19H,9H2,1H3. The molecule has 2 aromatic carbocycles. The van der Waals surface area contributed by atoms with Crippen molar-refractivity contribution < 1.29 is 4.39 Å². The molecule has 0 amide bonds. The molecule has 2 nitrogen and oxygen atoms in total. The predicted octanol–water partition coefficient (Wildman–Crippen LogP) is 4.38. The maximum absolute atomic E-state index is 13.6. The van der Waals surface area contributed by atoms with E-state index in [4.69, 9.17) is 5.26 Å². The summed E-state index contributed by atoms with van der Waals surface area (Å²) in [7, 11) is 0. The van der Waals surface area contributed by atoms with Gasteiger partial charge in [0.15, 0.2) is 0 Å². The van der Waals surface area contributed by atoms with Crippen molar-refractivity contribution in [3.63, 3.8) is 0 Å². The molecule has 0 aliphatic heterocycles. The number of aryl methyl sites for hydroxylation is 1. The molecule has 0 atom stereocenters. The zero-order valence-corrected chi connectivity index (χ0v) is 12.0. The van der Waals surface area contributed by atoms with Gasteiger partial charge in [0, 0.05) is 22.3 Å². The summed E-state index contributed by atoms with van der Waals surface area (Å²) in [6.07, 6.45) is 0. The first-order valence-corrected chi connectivity index (χ1v) is 6.58. The Labute approximate surface area is 120 Å². The molecule has 0 bridgehead atoms. The van der Waals surface area contributed by atoms with E-state index < -0.39 is 0 Å². The zero-order valence-electron chi connectivity index (χ0n) is 10.4. The first-order chi connectivity index (χ1) is 9.10. The molecule has 0 aliphatic rings. The minimum atomic E-state index is -0.246. The van der Waals surface area contributed by atoms with E-state index in [1.807, 2.05) is 13.0 Å². The smallest absolute Gasteiger partial charge is 0.128 e. The topological polar surface area (TPSA) is 35.8 Å². The molecule has 96 valence electrons. The molecule has 0 fully saturated rings. The zero-order chi connectivity index (χ0) is 13.8. The second-order valence-corrected chi connectivity index (χ2v) is 5.15. The van der Waals surface area contributed by atoms with Crippen molar-refractivity contribution in [2.24, 2.45) is 0 Å². The third kappa shape index (κ3) is 3.33. The third-order valence-electron chi connectivity index (χ3n) is 2.84. The summed E-state index contributed by atoms with van der Waals surface area (Å²) in [4.78, 5) is 0. The second-order valence-electron chi connectivity index (χ2n) is 4.23. The summed E-state index contributed by atoms with van der Waals surface area (Å²) in [5.74, 6) is -0.246. The van der Waals surface area contributed by atoms with Gasteiger partial charge in [-0.3, -0.25) is 0 Å². The average molecular weight is 319 g/mol. The van der Waals surface area contributed by atoms with Gasteiger partial charge in [-0.1, -0.05) is 22.0 Å². The average Bonchev–Trinajstić information content (AvgIpc) is 2.41. The van der Waals surface area contributed by atoms with Crippen molar-refractivity contribution in [1.82, 2.24) is 0 Å². The van der Waals surface area contributed by atoms with Crippen LogP contribution in [0.4, 0.5) is 10.1 Å². The van der Waals surface area contributed by atoms with Crippen LogP contribution in [0, 0.1) is 24.1 Å². The number of rotatable bonds is 3. The number of halogens is 2. The van der Waals surface area contributed by atoms with Crippen LogP contribution in [0.5, 0.6) is 0 Å². The van der Waals surface area contributed by atoms with Crippen LogP contribution in [0.3, 0.4) is 0 Å². The second kappa shape index (κ2) is 5.85. The lowest BCUT2D eigenvalue weighted by molar-refractivity contribution is 0.612. The summed E-state index contributed by atoms with van der Waals surface area (Å²) in [5.41, 5.74) is 3.03. The summed E-state index contributed by atoms with van der Waals surface area (Å²) < 4.78 is 14.4. The lowest BCUT2D eigenvalue weighted by atomic mass is 10.1. The van der Waals surface area contributed by atoms with E-state index in [2.05, 4.69) is 27.3 Å². The Hall–Kier alpha value is -1.86. The van der Waals surface area contributed by atoms with Crippen LogP contribution in [0.1, 0.15) is 16.7 Å². The first kappa shape index (κ1) is 13.6. The molecule has 2 rings (SSSR count). The summed E-state index contributed by atoms with van der Waals surface area (Å²) in [6.45, 7) is 2.32. The lowest BCUT2D eigenvalue weighted by Crippen LogP contribution is -2.03. The normalized spacial score (nSPS) is 10.0. The summed E-state index contributed by atoms with van der Waals surface area (Å²) in [5, 5.41) is 12.0. The van der Waals surface area contributed by atoms with Crippen LogP contribution in [-0.2, 0) is 6.54 Å². The van der Waals surface area contributed by atoms with Gasteiger partial charge in [-0.2, -0.15) is 5.26 Å². The Balaban J connectivity index is 2.19. The Bertz CT molecular complexity index is 647. The van der Waals surface area contributed by atoms with Crippen LogP contribution in [-0.4, -0.2) is 0 Å². The molecular weight excluding hydrogens is 307 g/mol. The number of benzene rings is 2. The highest BCUT2D eigenvalue weighted by atomic mass is 79.9. The monoisotopic (exact) mass is 318 g/mol. The first-order valence-electron chi connectivity index (χ1n) is 5.78. The number of hydrogen-bond acceptors (Lipinski definition) is 2. The lowest BCUT2D eigenvalue weighted by Gasteiger charge is -2.11. The fourth-order valence-electron chi connectivity index (χ4n) is 1.75. The van der Waals surface area contributed by atoms with E-state index in [1.165, 1.54) is 6.07 Å². The van der Waals surface area contributed by atoms with Crippen molar-refractivity contribution in [2.45, 2.75) is 13.5 Å². The molecule has 0 aliphatic carbocycles. The van der Waals surface area contributed by atoms with Gasteiger partial charge >= 0.3 is 0 Å². The van der Waals surface area contributed by atoms with Crippen LogP contribution >= 0.6 is 15.9 Å². The highest BCUT2D eigenvalue weighted by Crippen LogP contribution is 2.20. The number of nitrogens with one attached hydrogen (secondary N) is 1. The Kier molecular flexibility index (Phi) is 4.18. The maximum Gasteiger partial charge on any atom is 0.128 e. The van der Waals surface area contributed by atoms with Gasteiger partial charge in [-0.15, -0.1) is 0 Å². The minimum absolute atomic E-state index is 0.246. The van der Waals surface area contributed by atoms with E-state index in [9.17, 15) is 4.39 Å². The highest BCUT2D eigenvalue weighted by Gasteiger charge is 2.04. The molecule has 0 saturated carbocycles. The van der Waals surface area contributed by atoms with E-state index in [-0.39, 0.29) is 5.82 Å². The largest absolute Gasteiger partial charge is 0.381 e. The molecule has 0 aromatic heterocycles. The van der Waals surface area contributed by atoms with E-state index >= 15 is 0 Å². The molecule has 4 heteroatoms. The van der Waals surface area contributed by atoms with Crippen molar-refractivity contribution in [3.8, 4) is 6.07 Å². The van der Waals surface area contributed by atoms with Gasteiger partial charge in [-0.05, 0) is 42.8 Å². The van der Waals surface area contributed by atoms with Gasteiger partial charge in [-0.25, -0.2) is 4.39 Å². The number of nitriles is 1. The SMILES string of the molecule is Cc1ccc(C#N)cc1NCc1cc(Br)ccc1F. The van der Waals surface area contributed by atoms with Gasteiger partial charge in [0.05, 0.1) is 11.6 Å². The van der Waals surface area contributed by atoms with Gasteiger partial charge in [0.1, 0.15) is 5.82 Å². The molecule has 19 heavy (non-hydrogen) atoms. The maximum atomic E-state index is 13.6. The van der Waals surface area contributed by atoms with Crippen molar-refractivity contribution in [2.75, 3.05) is 5.32 Å². The number of nitrogens with zero attached hydrogens (tertiary/aromatic N) is 1. The fraction of sp³-hybridized carbons (Fsp3) is 0.133. The van der Waals surface area contributed by atoms with Crippen LogP contribution in [0.15, 0.2) is 40.9 Å². The molecule has 0 unspecified atom stereocenters. The van der Waals surface area contributed by atoms with Crippen molar-refractivity contribution >= 4 is 21.6 Å². The molecule has 0 heterocycles. The molecule has 2 aromatic rings. The minimum Gasteiger partial charge on any atom is -0.381 e. The van der Waals surface area contributed by atoms with E-state index in [0.29, 0.717) is 17.7 Å². The molecule has 0 saturated heterocycles. The fourth-order valence-corrected chi connectivity index (χ4v) is 2.16. The van der Waals surface area contributed by atoms with Crippen molar-refractivity contribution in [1.29, 1.82) is 5.26 Å².